The average Bonchev–Trinajstić information content (AvgIpc) is 2.92. The van der Waals surface area contributed by atoms with Crippen molar-refractivity contribution in [3.63, 3.8) is 0 Å². The number of fused-ring (bicyclic) bond motifs is 3. The summed E-state index contributed by atoms with van der Waals surface area (Å²) in [5.41, 5.74) is 4.97. The molecule has 25 heavy (non-hydrogen) atoms. The largest absolute Gasteiger partial charge is 0.410 e. The van der Waals surface area contributed by atoms with Crippen LogP contribution in [0.3, 0.4) is 0 Å². The first-order valence-corrected chi connectivity index (χ1v) is 8.24. The fourth-order valence-electron chi connectivity index (χ4n) is 3.54. The van der Waals surface area contributed by atoms with E-state index in [2.05, 4.69) is 15.4 Å². The van der Waals surface area contributed by atoms with Crippen molar-refractivity contribution >= 4 is 28.9 Å². The molecule has 2 aliphatic rings. The molecule has 128 valence electrons. The normalized spacial score (nSPS) is 18.2. The molecule has 0 saturated carbocycles. The predicted octanol–water partition coefficient (Wildman–Crippen LogP) is 3.26. The number of carbonyl (C=O) groups excluding carboxylic acids is 1. The second kappa shape index (κ2) is 5.82. The van der Waals surface area contributed by atoms with Crippen LogP contribution in [0.2, 0.25) is 5.02 Å². The van der Waals surface area contributed by atoms with E-state index in [1.807, 2.05) is 13.1 Å². The topological polar surface area (TPSA) is 64.9 Å². The number of rotatable bonds is 1. The van der Waals surface area contributed by atoms with Gasteiger partial charge in [0.15, 0.2) is 5.71 Å². The molecule has 2 aliphatic heterocycles. The van der Waals surface area contributed by atoms with E-state index in [1.54, 1.807) is 12.1 Å². The molecule has 2 aromatic carbocycles. The number of oxime groups is 1. The van der Waals surface area contributed by atoms with Gasteiger partial charge in [0.25, 0.3) is 5.91 Å². The maximum atomic E-state index is 13.5. The zero-order valence-electron chi connectivity index (χ0n) is 13.4. The van der Waals surface area contributed by atoms with Crippen molar-refractivity contribution in [3.05, 3.63) is 51.8 Å². The molecule has 2 heterocycles. The van der Waals surface area contributed by atoms with Crippen LogP contribution in [0.1, 0.15) is 16.7 Å². The van der Waals surface area contributed by atoms with E-state index in [9.17, 15) is 14.4 Å². The molecule has 0 unspecified atom stereocenters. The first-order chi connectivity index (χ1) is 12.0. The van der Waals surface area contributed by atoms with Gasteiger partial charge in [0, 0.05) is 18.7 Å². The summed E-state index contributed by atoms with van der Waals surface area (Å²) in [5.74, 6) is -0.906. The molecule has 2 aromatic rings. The molecule has 0 aliphatic carbocycles. The molecular weight excluding hydrogens is 345 g/mol. The van der Waals surface area contributed by atoms with E-state index in [0.717, 1.165) is 35.2 Å². The minimum atomic E-state index is -0.477. The number of carbonyl (C=O) groups is 1. The molecule has 1 amide bonds. The van der Waals surface area contributed by atoms with E-state index in [1.165, 1.54) is 6.07 Å². The Morgan fingerprint density at radius 3 is 2.80 bits per heavy atom. The number of nitrogens with zero attached hydrogens (tertiary/aromatic N) is 2. The van der Waals surface area contributed by atoms with Gasteiger partial charge in [-0.05, 0) is 53.9 Å². The van der Waals surface area contributed by atoms with Gasteiger partial charge in [-0.2, -0.15) is 0 Å². The molecular formula is C18H15ClFN3O2. The summed E-state index contributed by atoms with van der Waals surface area (Å²) in [7, 11) is 2.01. The lowest BCUT2D eigenvalue weighted by atomic mass is 9.87. The van der Waals surface area contributed by atoms with Crippen LogP contribution in [0, 0.1) is 5.82 Å². The SMILES string of the molecule is CN1CCc2c(-c3ccc(F)c(Cl)c3)cc3c(c2C1)NC(=O)/C3=N\O. The summed E-state index contributed by atoms with van der Waals surface area (Å²) < 4.78 is 13.5. The number of hydrogen-bond acceptors (Lipinski definition) is 4. The van der Waals surface area contributed by atoms with Gasteiger partial charge in [-0.1, -0.05) is 22.8 Å². The molecule has 7 heteroatoms. The lowest BCUT2D eigenvalue weighted by molar-refractivity contribution is -0.110. The number of amides is 1. The van der Waals surface area contributed by atoms with Gasteiger partial charge in [-0.15, -0.1) is 0 Å². The van der Waals surface area contributed by atoms with Crippen molar-refractivity contribution < 1.29 is 14.4 Å². The lowest BCUT2D eigenvalue weighted by Crippen LogP contribution is -2.27. The van der Waals surface area contributed by atoms with Crippen LogP contribution in [0.4, 0.5) is 10.1 Å². The van der Waals surface area contributed by atoms with Crippen LogP contribution in [0.15, 0.2) is 29.4 Å². The number of anilines is 1. The van der Waals surface area contributed by atoms with Crippen LogP contribution in [0.5, 0.6) is 0 Å². The number of halogens is 2. The molecule has 0 saturated heterocycles. The van der Waals surface area contributed by atoms with Gasteiger partial charge in [0.1, 0.15) is 5.82 Å². The van der Waals surface area contributed by atoms with Crippen molar-refractivity contribution in [3.8, 4) is 11.1 Å². The standard InChI is InChI=1S/C18H15ClFN3O2/c1-23-5-4-10-11(9-2-3-15(20)14(19)6-9)7-12-16(13(10)8-23)21-18(24)17(12)22-25/h2-3,6-7,25H,4-5,8H2,1H3,(H,21,22,24). The maximum Gasteiger partial charge on any atom is 0.278 e. The zero-order chi connectivity index (χ0) is 17.7. The average molecular weight is 360 g/mol. The molecule has 2 N–H and O–H groups in total. The zero-order valence-corrected chi connectivity index (χ0v) is 14.2. The quantitative estimate of drug-likeness (QED) is 0.606. The van der Waals surface area contributed by atoms with E-state index in [0.29, 0.717) is 17.8 Å². The van der Waals surface area contributed by atoms with Gasteiger partial charge in [0.2, 0.25) is 0 Å². The first kappa shape index (κ1) is 16.1. The highest BCUT2D eigenvalue weighted by Gasteiger charge is 2.33. The smallest absolute Gasteiger partial charge is 0.278 e. The monoisotopic (exact) mass is 359 g/mol. The molecule has 0 spiro atoms. The summed E-state index contributed by atoms with van der Waals surface area (Å²) in [6.07, 6.45) is 0.797. The third kappa shape index (κ3) is 2.49. The second-order valence-corrected chi connectivity index (χ2v) is 6.73. The minimum Gasteiger partial charge on any atom is -0.410 e. The van der Waals surface area contributed by atoms with Crippen molar-refractivity contribution in [2.45, 2.75) is 13.0 Å². The molecule has 0 atom stereocenters. The second-order valence-electron chi connectivity index (χ2n) is 6.32. The highest BCUT2D eigenvalue weighted by Crippen LogP contribution is 2.40. The van der Waals surface area contributed by atoms with Gasteiger partial charge < -0.3 is 15.4 Å². The molecule has 0 radical (unpaired) electrons. The highest BCUT2D eigenvalue weighted by molar-refractivity contribution is 6.54. The Morgan fingerprint density at radius 1 is 1.28 bits per heavy atom. The Labute approximate surface area is 148 Å². The molecule has 4 rings (SSSR count). The summed E-state index contributed by atoms with van der Waals surface area (Å²) >= 11 is 5.95. The Kier molecular flexibility index (Phi) is 3.74. The van der Waals surface area contributed by atoms with Crippen molar-refractivity contribution in [2.75, 3.05) is 18.9 Å². The van der Waals surface area contributed by atoms with Gasteiger partial charge >= 0.3 is 0 Å². The Morgan fingerprint density at radius 2 is 2.08 bits per heavy atom. The Balaban J connectivity index is 1.99. The molecule has 0 bridgehead atoms. The van der Waals surface area contributed by atoms with Crippen LogP contribution < -0.4 is 5.32 Å². The van der Waals surface area contributed by atoms with E-state index in [4.69, 9.17) is 11.6 Å². The summed E-state index contributed by atoms with van der Waals surface area (Å²) in [6.45, 7) is 1.54. The van der Waals surface area contributed by atoms with Gasteiger partial charge in [0.05, 0.1) is 10.7 Å². The summed E-state index contributed by atoms with van der Waals surface area (Å²) in [6, 6.07) is 6.39. The third-order valence-electron chi connectivity index (χ3n) is 4.76. The highest BCUT2D eigenvalue weighted by atomic mass is 35.5. The van der Waals surface area contributed by atoms with Crippen molar-refractivity contribution in [1.29, 1.82) is 0 Å². The molecule has 0 fully saturated rings. The summed E-state index contributed by atoms with van der Waals surface area (Å²) in [5, 5.41) is 15.2. The Hall–Kier alpha value is -2.44. The fourth-order valence-corrected chi connectivity index (χ4v) is 3.72. The summed E-state index contributed by atoms with van der Waals surface area (Å²) in [4.78, 5) is 14.2. The number of nitrogens with one attached hydrogen (secondary N) is 1. The maximum absolute atomic E-state index is 13.5. The van der Waals surface area contributed by atoms with E-state index in [-0.39, 0.29) is 10.7 Å². The minimum absolute atomic E-state index is 0.0134. The van der Waals surface area contributed by atoms with Crippen LogP contribution in [0.25, 0.3) is 11.1 Å². The first-order valence-electron chi connectivity index (χ1n) is 7.86. The molecule has 5 nitrogen and oxygen atoms in total. The van der Waals surface area contributed by atoms with Crippen LogP contribution >= 0.6 is 11.6 Å². The van der Waals surface area contributed by atoms with Crippen LogP contribution in [-0.2, 0) is 17.8 Å². The molecule has 0 aromatic heterocycles. The van der Waals surface area contributed by atoms with Crippen molar-refractivity contribution in [1.82, 2.24) is 4.90 Å². The van der Waals surface area contributed by atoms with Crippen LogP contribution in [-0.4, -0.2) is 35.3 Å². The fraction of sp³-hybridized carbons (Fsp3) is 0.222. The van der Waals surface area contributed by atoms with Gasteiger partial charge in [-0.3, -0.25) is 4.79 Å². The predicted molar refractivity (Wildman–Crippen MR) is 93.8 cm³/mol. The van der Waals surface area contributed by atoms with E-state index >= 15 is 0 Å². The lowest BCUT2D eigenvalue weighted by Gasteiger charge is -2.29. The third-order valence-corrected chi connectivity index (χ3v) is 5.05. The van der Waals surface area contributed by atoms with Crippen molar-refractivity contribution in [2.24, 2.45) is 5.16 Å². The number of hydrogen-bond donors (Lipinski definition) is 2. The Bertz CT molecular complexity index is 942. The number of likely N-dealkylation sites (N-methyl/N-ethyl adjacent to an activating group) is 1. The number of benzene rings is 2. The van der Waals surface area contributed by atoms with Gasteiger partial charge in [-0.25, -0.2) is 4.39 Å². The van der Waals surface area contributed by atoms with E-state index < -0.39 is 11.7 Å².